The van der Waals surface area contributed by atoms with E-state index in [2.05, 4.69) is 4.98 Å². The highest BCUT2D eigenvalue weighted by atomic mass is 32.1. The molecule has 0 fully saturated rings. The lowest BCUT2D eigenvalue weighted by atomic mass is 10.1. The largest absolute Gasteiger partial charge is 0.399 e. The second-order valence-corrected chi connectivity index (χ2v) is 6.11. The van der Waals surface area contributed by atoms with Gasteiger partial charge in [0.25, 0.3) is 0 Å². The summed E-state index contributed by atoms with van der Waals surface area (Å²) in [6, 6.07) is 7.37. The smallest absolute Gasteiger partial charge is 0.227 e. The number of carbonyl (C=O) groups excluding carboxylic acids is 1. The number of nitrogens with zero attached hydrogens (tertiary/aromatic N) is 2. The van der Waals surface area contributed by atoms with Gasteiger partial charge in [-0.2, -0.15) is 0 Å². The minimum atomic E-state index is -0.0189. The number of hydrogen-bond acceptors (Lipinski definition) is 5. The minimum absolute atomic E-state index is 0.0189. The van der Waals surface area contributed by atoms with E-state index in [0.717, 1.165) is 16.3 Å². The zero-order valence-electron chi connectivity index (χ0n) is 13.1. The standard InChI is InChI=1S/C16H21N3O2S/c1-11(21-3)16-18-14(10-22-16)9-19(2)15(20)8-12-4-6-13(17)7-5-12/h4-7,10-11H,8-9,17H2,1-3H3. The topological polar surface area (TPSA) is 68.5 Å². The molecule has 0 aliphatic heterocycles. The van der Waals surface area contributed by atoms with Crippen LogP contribution in [-0.4, -0.2) is 29.9 Å². The van der Waals surface area contributed by atoms with Crippen molar-refractivity contribution in [2.45, 2.75) is 26.0 Å². The van der Waals surface area contributed by atoms with Gasteiger partial charge >= 0.3 is 0 Å². The summed E-state index contributed by atoms with van der Waals surface area (Å²) in [7, 11) is 3.45. The van der Waals surface area contributed by atoms with Crippen molar-refractivity contribution in [3.63, 3.8) is 0 Å². The number of likely N-dealkylation sites (N-methyl/N-ethyl adjacent to an activating group) is 1. The molecule has 1 aromatic carbocycles. The molecule has 5 nitrogen and oxygen atoms in total. The molecule has 6 heteroatoms. The van der Waals surface area contributed by atoms with Crippen molar-refractivity contribution >= 4 is 22.9 Å². The number of methoxy groups -OCH3 is 1. The van der Waals surface area contributed by atoms with Crippen LogP contribution in [0.15, 0.2) is 29.6 Å². The Kier molecular flexibility index (Phi) is 5.51. The summed E-state index contributed by atoms with van der Waals surface area (Å²) in [4.78, 5) is 18.4. The van der Waals surface area contributed by atoms with Gasteiger partial charge in [0.05, 0.1) is 18.7 Å². The number of nitrogens with two attached hydrogens (primary N) is 1. The molecule has 2 rings (SSSR count). The number of rotatable bonds is 6. The first-order valence-corrected chi connectivity index (χ1v) is 7.93. The molecule has 0 aliphatic rings. The highest BCUT2D eigenvalue weighted by molar-refractivity contribution is 7.09. The number of benzene rings is 1. The lowest BCUT2D eigenvalue weighted by molar-refractivity contribution is -0.129. The van der Waals surface area contributed by atoms with Crippen molar-refractivity contribution in [3.05, 3.63) is 45.9 Å². The summed E-state index contributed by atoms with van der Waals surface area (Å²) in [5.74, 6) is 0.0547. The molecule has 0 radical (unpaired) electrons. The highest BCUT2D eigenvalue weighted by Crippen LogP contribution is 2.21. The number of ether oxygens (including phenoxy) is 1. The summed E-state index contributed by atoms with van der Waals surface area (Å²) < 4.78 is 5.25. The average molecular weight is 319 g/mol. The van der Waals surface area contributed by atoms with Gasteiger partial charge in [0, 0.05) is 25.2 Å². The molecule has 0 spiro atoms. The number of anilines is 1. The fourth-order valence-corrected chi connectivity index (χ4v) is 2.80. The molecule has 0 saturated heterocycles. The molecule has 0 aliphatic carbocycles. The van der Waals surface area contributed by atoms with Crippen LogP contribution in [0.25, 0.3) is 0 Å². The minimum Gasteiger partial charge on any atom is -0.399 e. The predicted molar refractivity (Wildman–Crippen MR) is 88.6 cm³/mol. The number of carbonyl (C=O) groups is 1. The van der Waals surface area contributed by atoms with E-state index in [1.165, 1.54) is 0 Å². The number of hydrogen-bond donors (Lipinski definition) is 1. The Morgan fingerprint density at radius 2 is 2.09 bits per heavy atom. The van der Waals surface area contributed by atoms with Gasteiger partial charge in [-0.15, -0.1) is 11.3 Å². The van der Waals surface area contributed by atoms with Crippen LogP contribution < -0.4 is 5.73 Å². The van der Waals surface area contributed by atoms with E-state index in [9.17, 15) is 4.79 Å². The first kappa shape index (κ1) is 16.5. The lowest BCUT2D eigenvalue weighted by Gasteiger charge is -2.16. The molecule has 118 valence electrons. The number of amides is 1. The molecular weight excluding hydrogens is 298 g/mol. The molecule has 22 heavy (non-hydrogen) atoms. The molecule has 2 aromatic rings. The van der Waals surface area contributed by atoms with Crippen LogP contribution in [0, 0.1) is 0 Å². The van der Waals surface area contributed by atoms with E-state index >= 15 is 0 Å². The van der Waals surface area contributed by atoms with E-state index in [1.54, 1.807) is 30.4 Å². The van der Waals surface area contributed by atoms with Gasteiger partial charge in [-0.05, 0) is 24.6 Å². The Balaban J connectivity index is 1.93. The molecule has 1 amide bonds. The van der Waals surface area contributed by atoms with Crippen LogP contribution in [0.5, 0.6) is 0 Å². The summed E-state index contributed by atoms with van der Waals surface area (Å²) in [5, 5.41) is 2.90. The van der Waals surface area contributed by atoms with Gasteiger partial charge in [-0.3, -0.25) is 4.79 Å². The van der Waals surface area contributed by atoms with Crippen LogP contribution in [0.1, 0.15) is 29.3 Å². The maximum atomic E-state index is 12.2. The molecule has 0 bridgehead atoms. The fraction of sp³-hybridized carbons (Fsp3) is 0.375. The van der Waals surface area contributed by atoms with Crippen molar-refractivity contribution in [1.29, 1.82) is 0 Å². The second-order valence-electron chi connectivity index (χ2n) is 5.22. The summed E-state index contributed by atoms with van der Waals surface area (Å²) >= 11 is 1.55. The third-order valence-corrected chi connectivity index (χ3v) is 4.49. The molecular formula is C16H21N3O2S. The third kappa shape index (κ3) is 4.29. The Morgan fingerprint density at radius 3 is 2.73 bits per heavy atom. The lowest BCUT2D eigenvalue weighted by Crippen LogP contribution is -2.27. The SMILES string of the molecule is COC(C)c1nc(CN(C)C(=O)Cc2ccc(N)cc2)cs1. The van der Waals surface area contributed by atoms with Gasteiger partial charge < -0.3 is 15.4 Å². The monoisotopic (exact) mass is 319 g/mol. The Morgan fingerprint density at radius 1 is 1.41 bits per heavy atom. The van der Waals surface area contributed by atoms with Crippen molar-refractivity contribution in [2.24, 2.45) is 0 Å². The van der Waals surface area contributed by atoms with Crippen LogP contribution in [0.4, 0.5) is 5.69 Å². The summed E-state index contributed by atoms with van der Waals surface area (Å²) in [6.45, 7) is 2.46. The van der Waals surface area contributed by atoms with E-state index < -0.39 is 0 Å². The van der Waals surface area contributed by atoms with Gasteiger partial charge in [0.15, 0.2) is 0 Å². The maximum absolute atomic E-state index is 12.2. The zero-order chi connectivity index (χ0) is 16.1. The quantitative estimate of drug-likeness (QED) is 0.831. The molecule has 1 unspecified atom stereocenters. The van der Waals surface area contributed by atoms with Crippen molar-refractivity contribution < 1.29 is 9.53 Å². The predicted octanol–water partition coefficient (Wildman–Crippen LogP) is 2.63. The Labute approximate surface area is 134 Å². The van der Waals surface area contributed by atoms with E-state index in [0.29, 0.717) is 18.7 Å². The number of nitrogen functional groups attached to an aromatic ring is 1. The van der Waals surface area contributed by atoms with Gasteiger partial charge in [-0.1, -0.05) is 12.1 Å². The molecule has 0 saturated carbocycles. The Hall–Kier alpha value is -1.92. The molecule has 1 atom stereocenters. The van der Waals surface area contributed by atoms with Crippen LogP contribution >= 0.6 is 11.3 Å². The van der Waals surface area contributed by atoms with Gasteiger partial charge in [-0.25, -0.2) is 4.98 Å². The average Bonchev–Trinajstić information content (AvgIpc) is 2.97. The van der Waals surface area contributed by atoms with Crippen molar-refractivity contribution in [2.75, 3.05) is 19.9 Å². The normalized spacial score (nSPS) is 12.1. The van der Waals surface area contributed by atoms with Crippen LogP contribution in [-0.2, 0) is 22.5 Å². The van der Waals surface area contributed by atoms with Crippen molar-refractivity contribution in [3.8, 4) is 0 Å². The maximum Gasteiger partial charge on any atom is 0.227 e. The first-order valence-electron chi connectivity index (χ1n) is 7.05. The molecule has 1 aromatic heterocycles. The van der Waals surface area contributed by atoms with Crippen LogP contribution in [0.2, 0.25) is 0 Å². The highest BCUT2D eigenvalue weighted by Gasteiger charge is 2.14. The van der Waals surface area contributed by atoms with E-state index in [-0.39, 0.29) is 12.0 Å². The number of thiazole rings is 1. The van der Waals surface area contributed by atoms with Crippen molar-refractivity contribution in [1.82, 2.24) is 9.88 Å². The van der Waals surface area contributed by atoms with Gasteiger partial charge in [0.1, 0.15) is 11.1 Å². The number of aromatic nitrogens is 1. The Bertz CT molecular complexity index is 625. The zero-order valence-corrected chi connectivity index (χ0v) is 13.9. The molecule has 1 heterocycles. The van der Waals surface area contributed by atoms with E-state index in [4.69, 9.17) is 10.5 Å². The van der Waals surface area contributed by atoms with E-state index in [1.807, 2.05) is 36.6 Å². The summed E-state index contributed by atoms with van der Waals surface area (Å²) in [6.07, 6.45) is 0.344. The second kappa shape index (κ2) is 7.38. The van der Waals surface area contributed by atoms with Crippen LogP contribution in [0.3, 0.4) is 0 Å². The van der Waals surface area contributed by atoms with Gasteiger partial charge in [0.2, 0.25) is 5.91 Å². The molecule has 2 N–H and O–H groups in total. The fourth-order valence-electron chi connectivity index (χ4n) is 1.96. The first-order chi connectivity index (χ1) is 10.5. The summed E-state index contributed by atoms with van der Waals surface area (Å²) in [5.41, 5.74) is 8.19. The third-order valence-electron chi connectivity index (χ3n) is 3.43.